The first kappa shape index (κ1) is 19.9. The Balaban J connectivity index is 0.00000220. The molecule has 0 atom stereocenters. The van der Waals surface area contributed by atoms with E-state index in [1.54, 1.807) is 29.8 Å². The molecule has 1 heterocycles. The maximum atomic E-state index is 12.2. The lowest BCUT2D eigenvalue weighted by atomic mass is 10.1. The number of aromatic nitrogens is 1. The van der Waals surface area contributed by atoms with Crippen molar-refractivity contribution in [3.63, 3.8) is 0 Å². The lowest BCUT2D eigenvalue weighted by Crippen LogP contribution is -3.00. The molecule has 118 valence electrons. The predicted octanol–water partition coefficient (Wildman–Crippen LogP) is -1.44. The Bertz CT molecular complexity index is 689. The molecule has 0 saturated carbocycles. The highest BCUT2D eigenvalue weighted by Gasteiger charge is 2.17. The average molecular weight is 369 g/mol. The Morgan fingerprint density at radius 2 is 1.95 bits per heavy atom. The molecule has 0 fully saturated rings. The number of carbonyl (C=O) groups is 1. The van der Waals surface area contributed by atoms with E-state index >= 15 is 0 Å². The zero-order chi connectivity index (χ0) is 14.7. The summed E-state index contributed by atoms with van der Waals surface area (Å²) in [6.45, 7) is 3.77. The van der Waals surface area contributed by atoms with Crippen LogP contribution >= 0.6 is 0 Å². The molecule has 0 aliphatic heterocycles. The first-order valence-corrected chi connectivity index (χ1v) is 6.21. The van der Waals surface area contributed by atoms with Crippen LogP contribution in [0.25, 0.3) is 0 Å². The highest BCUT2D eigenvalue weighted by atomic mass is 79.9. The van der Waals surface area contributed by atoms with Crippen LogP contribution in [0.3, 0.4) is 0 Å². The van der Waals surface area contributed by atoms with E-state index in [9.17, 15) is 14.9 Å². The van der Waals surface area contributed by atoms with Crippen LogP contribution in [0.4, 0.5) is 5.69 Å². The van der Waals surface area contributed by atoms with E-state index < -0.39 is 4.92 Å². The summed E-state index contributed by atoms with van der Waals surface area (Å²) in [6, 6.07) is 8.37. The first-order chi connectivity index (χ1) is 9.47. The number of ketones is 1. The summed E-state index contributed by atoms with van der Waals surface area (Å²) in [4.78, 5) is 22.6. The van der Waals surface area contributed by atoms with E-state index in [2.05, 4.69) is 0 Å². The molecule has 2 N–H and O–H groups in total. The Hall–Kier alpha value is -2.12. The smallest absolute Gasteiger partial charge is 0.273 e. The van der Waals surface area contributed by atoms with Gasteiger partial charge in [0, 0.05) is 28.8 Å². The lowest BCUT2D eigenvalue weighted by Gasteiger charge is -2.01. The van der Waals surface area contributed by atoms with Crippen LogP contribution in [0.5, 0.6) is 0 Å². The fourth-order valence-corrected chi connectivity index (χ4v) is 1.99. The van der Waals surface area contributed by atoms with Crippen molar-refractivity contribution in [3.05, 3.63) is 69.5 Å². The summed E-state index contributed by atoms with van der Waals surface area (Å²) >= 11 is 0. The molecule has 7 heteroatoms. The fraction of sp³-hybridized carbons (Fsp3) is 0.200. The third-order valence-electron chi connectivity index (χ3n) is 3.06. The van der Waals surface area contributed by atoms with Crippen molar-refractivity contribution < 1.29 is 36.7 Å². The van der Waals surface area contributed by atoms with Gasteiger partial charge < -0.3 is 22.5 Å². The largest absolute Gasteiger partial charge is 1.00 e. The van der Waals surface area contributed by atoms with E-state index in [0.29, 0.717) is 11.1 Å². The molecule has 22 heavy (non-hydrogen) atoms. The summed E-state index contributed by atoms with van der Waals surface area (Å²) in [7, 11) is 0. The van der Waals surface area contributed by atoms with Crippen molar-refractivity contribution in [2.24, 2.45) is 0 Å². The van der Waals surface area contributed by atoms with Gasteiger partial charge in [0.15, 0.2) is 12.4 Å². The van der Waals surface area contributed by atoms with Gasteiger partial charge in [0.05, 0.1) is 4.92 Å². The second-order valence-electron chi connectivity index (χ2n) is 4.74. The predicted molar refractivity (Wildman–Crippen MR) is 77.2 cm³/mol. The molecule has 0 radical (unpaired) electrons. The molecule has 1 aromatic carbocycles. The van der Waals surface area contributed by atoms with Crippen molar-refractivity contribution in [3.8, 4) is 0 Å². The number of aryl methyl sites for hydroxylation is 2. The van der Waals surface area contributed by atoms with Crippen molar-refractivity contribution >= 4 is 11.5 Å². The summed E-state index contributed by atoms with van der Waals surface area (Å²) < 4.78 is 1.77. The molecule has 0 amide bonds. The SMILES string of the molecule is Cc1ccc[n+](CC(=O)c2ccc(C)c([N+](=O)[O-])c2)c1.O.[Br-]. The van der Waals surface area contributed by atoms with Gasteiger partial charge >= 0.3 is 0 Å². The molecule has 0 aliphatic rings. The third-order valence-corrected chi connectivity index (χ3v) is 3.06. The summed E-state index contributed by atoms with van der Waals surface area (Å²) in [6.07, 6.45) is 3.66. The molecule has 0 saturated heterocycles. The van der Waals surface area contributed by atoms with Crippen molar-refractivity contribution in [2.75, 3.05) is 0 Å². The molecule has 0 unspecified atom stereocenters. The van der Waals surface area contributed by atoms with Crippen molar-refractivity contribution in [1.82, 2.24) is 0 Å². The van der Waals surface area contributed by atoms with E-state index in [4.69, 9.17) is 0 Å². The van der Waals surface area contributed by atoms with E-state index in [-0.39, 0.29) is 40.5 Å². The molecule has 0 aliphatic carbocycles. The second kappa shape index (κ2) is 8.35. The standard InChI is InChI=1S/C15H15N2O3.BrH.H2O/c1-11-4-3-7-16(9-11)10-15(18)13-6-5-12(2)14(8-13)17(19)20;;/h3-9H,10H2,1-2H3;1H;1H2/q+1;;/p-1. The zero-order valence-electron chi connectivity index (χ0n) is 12.2. The van der Waals surface area contributed by atoms with E-state index in [0.717, 1.165) is 5.56 Å². The lowest BCUT2D eigenvalue weighted by molar-refractivity contribution is -0.683. The highest BCUT2D eigenvalue weighted by Crippen LogP contribution is 2.19. The summed E-state index contributed by atoms with van der Waals surface area (Å²) in [5.41, 5.74) is 1.94. The molecule has 6 nitrogen and oxygen atoms in total. The number of nitro groups is 1. The zero-order valence-corrected chi connectivity index (χ0v) is 13.8. The van der Waals surface area contributed by atoms with Crippen LogP contribution in [0.2, 0.25) is 0 Å². The highest BCUT2D eigenvalue weighted by molar-refractivity contribution is 5.95. The van der Waals surface area contributed by atoms with Gasteiger partial charge in [0.2, 0.25) is 12.3 Å². The second-order valence-corrected chi connectivity index (χ2v) is 4.74. The van der Waals surface area contributed by atoms with Gasteiger partial charge in [-0.1, -0.05) is 12.1 Å². The normalized spacial score (nSPS) is 9.36. The number of pyridine rings is 1. The van der Waals surface area contributed by atoms with Gasteiger partial charge in [-0.2, -0.15) is 4.57 Å². The number of benzene rings is 1. The minimum absolute atomic E-state index is 0. The monoisotopic (exact) mass is 368 g/mol. The maximum absolute atomic E-state index is 12.2. The van der Waals surface area contributed by atoms with Crippen LogP contribution < -0.4 is 21.5 Å². The molecule has 1 aromatic heterocycles. The Labute approximate surface area is 138 Å². The molecule has 0 bridgehead atoms. The Morgan fingerprint density at radius 1 is 1.27 bits per heavy atom. The number of hydrogen-bond donors (Lipinski definition) is 0. The van der Waals surface area contributed by atoms with Crippen LogP contribution in [-0.4, -0.2) is 16.2 Å². The number of rotatable bonds is 4. The van der Waals surface area contributed by atoms with Crippen LogP contribution in [0, 0.1) is 24.0 Å². The Kier molecular flexibility index (Phi) is 7.55. The minimum atomic E-state index is -0.466. The molecular formula is C15H17BrN2O4. The number of nitro benzene ring substituents is 1. The molecule has 0 spiro atoms. The van der Waals surface area contributed by atoms with Crippen molar-refractivity contribution in [2.45, 2.75) is 20.4 Å². The van der Waals surface area contributed by atoms with E-state index in [1.165, 1.54) is 6.07 Å². The minimum Gasteiger partial charge on any atom is -1.00 e. The Morgan fingerprint density at radius 3 is 2.55 bits per heavy atom. The number of halogens is 1. The number of carbonyl (C=O) groups excluding carboxylic acids is 1. The fourth-order valence-electron chi connectivity index (χ4n) is 1.99. The van der Waals surface area contributed by atoms with E-state index in [1.807, 2.05) is 25.3 Å². The van der Waals surface area contributed by atoms with Crippen molar-refractivity contribution in [1.29, 1.82) is 0 Å². The van der Waals surface area contributed by atoms with Crippen LogP contribution in [-0.2, 0) is 6.54 Å². The topological polar surface area (TPSA) is 95.6 Å². The molecule has 2 rings (SSSR count). The number of nitrogens with zero attached hydrogens (tertiary/aromatic N) is 2. The molecule has 2 aromatic rings. The van der Waals surface area contributed by atoms with Gasteiger partial charge in [-0.3, -0.25) is 14.9 Å². The van der Waals surface area contributed by atoms with Crippen LogP contribution in [0.1, 0.15) is 21.5 Å². The maximum Gasteiger partial charge on any atom is 0.273 e. The average Bonchev–Trinajstić information content (AvgIpc) is 2.38. The van der Waals surface area contributed by atoms with Crippen LogP contribution in [0.15, 0.2) is 42.7 Å². The first-order valence-electron chi connectivity index (χ1n) is 6.21. The molecular weight excluding hydrogens is 352 g/mol. The van der Waals surface area contributed by atoms with Gasteiger partial charge in [0.25, 0.3) is 5.69 Å². The van der Waals surface area contributed by atoms with Gasteiger partial charge in [-0.05, 0) is 19.9 Å². The summed E-state index contributed by atoms with van der Waals surface area (Å²) in [5.74, 6) is -0.149. The number of Topliss-reactive ketones (excluding diaryl/α,β-unsaturated/α-hetero) is 1. The van der Waals surface area contributed by atoms with Gasteiger partial charge in [-0.25, -0.2) is 0 Å². The quantitative estimate of drug-likeness (QED) is 0.286. The van der Waals surface area contributed by atoms with Gasteiger partial charge in [-0.15, -0.1) is 0 Å². The van der Waals surface area contributed by atoms with Gasteiger partial charge in [0.1, 0.15) is 0 Å². The number of hydrogen-bond acceptors (Lipinski definition) is 3. The third kappa shape index (κ3) is 4.71. The summed E-state index contributed by atoms with van der Waals surface area (Å²) in [5, 5.41) is 10.9.